The largest absolute Gasteiger partial charge is 0.343 e. The first-order valence-electron chi connectivity index (χ1n) is 15.1. The molecule has 226 valence electrons. The number of hydrogen-bond acceptors (Lipinski definition) is 6. The normalized spacial score (nSPS) is 25.5. The Labute approximate surface area is 239 Å². The number of hydrogen-bond donors (Lipinski definition) is 3. The van der Waals surface area contributed by atoms with E-state index >= 15 is 0 Å². The predicted octanol–water partition coefficient (Wildman–Crippen LogP) is 2.82. The Kier molecular flexibility index (Phi) is 12.8. The number of fused-ring (bicyclic) bond motifs is 1. The van der Waals surface area contributed by atoms with Gasteiger partial charge < -0.3 is 20.9 Å². The zero-order valence-electron chi connectivity index (χ0n) is 25.3. The van der Waals surface area contributed by atoms with Gasteiger partial charge in [-0.05, 0) is 38.0 Å². The molecule has 2 saturated heterocycles. The topological polar surface area (TPSA) is 142 Å². The number of unbranched alkanes of at least 4 members (excludes halogenated alkanes) is 2. The van der Waals surface area contributed by atoms with Gasteiger partial charge in [-0.15, -0.1) is 0 Å². The van der Waals surface area contributed by atoms with Crippen LogP contribution >= 0.6 is 0 Å². The van der Waals surface area contributed by atoms with Crippen LogP contribution in [0, 0.1) is 11.3 Å². The molecule has 10 nitrogen and oxygen atoms in total. The number of amides is 4. The van der Waals surface area contributed by atoms with E-state index in [0.29, 0.717) is 57.9 Å². The molecule has 0 spiro atoms. The molecule has 5 atom stereocenters. The minimum absolute atomic E-state index is 0.187. The second kappa shape index (κ2) is 15.3. The molecule has 2 fully saturated rings. The second-order valence-electron chi connectivity index (χ2n) is 12.4. The van der Waals surface area contributed by atoms with Gasteiger partial charge in [-0.2, -0.15) is 0 Å². The Morgan fingerprint density at radius 2 is 1.55 bits per heavy atom. The Bertz CT molecular complexity index is 943. The summed E-state index contributed by atoms with van der Waals surface area (Å²) in [5.41, 5.74) is -0.731. The summed E-state index contributed by atoms with van der Waals surface area (Å²) in [6.45, 7) is 11.3. The van der Waals surface area contributed by atoms with Crippen LogP contribution in [0.5, 0.6) is 0 Å². The van der Waals surface area contributed by atoms with E-state index in [1.807, 2.05) is 20.8 Å². The van der Waals surface area contributed by atoms with Crippen molar-refractivity contribution >= 4 is 35.2 Å². The van der Waals surface area contributed by atoms with Gasteiger partial charge in [0, 0.05) is 31.2 Å². The van der Waals surface area contributed by atoms with E-state index in [2.05, 4.69) is 16.0 Å². The standard InChI is InChI=1S/C30H50N4O6/c1-7-19(3)25-29(40)34-17-13-12-16-23(34)28(39)31-21(15-11-9-10-14-20(35)8-2)26(37)32-22(27(38)33-25)18-24(36)30(4,5)6/h19,21-23,25H,7-18H2,1-6H3,(H,31,39)(H,32,37)(H,33,38)/t19-,21+,22+,23-,25+/m1/s1. The lowest BCUT2D eigenvalue weighted by molar-refractivity contribution is -0.148. The third kappa shape index (κ3) is 9.41. The summed E-state index contributed by atoms with van der Waals surface area (Å²) in [6.07, 6.45) is 5.69. The molecule has 0 aliphatic carbocycles. The zero-order valence-corrected chi connectivity index (χ0v) is 25.3. The minimum atomic E-state index is -1.18. The molecule has 0 saturated carbocycles. The van der Waals surface area contributed by atoms with Crippen molar-refractivity contribution in [1.29, 1.82) is 0 Å². The van der Waals surface area contributed by atoms with E-state index < -0.39 is 41.4 Å². The van der Waals surface area contributed by atoms with Crippen molar-refractivity contribution in [1.82, 2.24) is 20.9 Å². The van der Waals surface area contributed by atoms with Crippen LogP contribution in [-0.4, -0.2) is 70.8 Å². The highest BCUT2D eigenvalue weighted by atomic mass is 16.2. The zero-order chi connectivity index (χ0) is 30.0. The lowest BCUT2D eigenvalue weighted by Crippen LogP contribution is -2.64. The Morgan fingerprint density at radius 1 is 0.900 bits per heavy atom. The van der Waals surface area contributed by atoms with E-state index in [0.717, 1.165) is 12.8 Å². The van der Waals surface area contributed by atoms with Crippen LogP contribution in [0.1, 0.15) is 112 Å². The average molecular weight is 563 g/mol. The van der Waals surface area contributed by atoms with Gasteiger partial charge in [-0.1, -0.05) is 60.8 Å². The van der Waals surface area contributed by atoms with Crippen molar-refractivity contribution < 1.29 is 28.8 Å². The molecule has 2 heterocycles. The molecular formula is C30H50N4O6. The molecule has 2 aliphatic heterocycles. The number of nitrogens with zero attached hydrogens (tertiary/aromatic N) is 1. The van der Waals surface area contributed by atoms with Gasteiger partial charge in [-0.3, -0.25) is 28.8 Å². The molecule has 3 N–H and O–H groups in total. The van der Waals surface area contributed by atoms with Crippen LogP contribution in [0.15, 0.2) is 0 Å². The maximum absolute atomic E-state index is 13.8. The SMILES string of the molecule is CCC(=O)CCCCC[C@@H]1NC(=O)[C@H]2CCCCN2C(=O)[C@H]([C@H](C)CC)NC(=O)[C@H](CC(=O)C(C)(C)C)NC1=O. The number of piperidine rings is 1. The Morgan fingerprint density at radius 3 is 2.17 bits per heavy atom. The maximum atomic E-state index is 13.8. The highest BCUT2D eigenvalue weighted by molar-refractivity contribution is 5.99. The number of nitrogens with one attached hydrogen (secondary N) is 3. The van der Waals surface area contributed by atoms with Crippen molar-refractivity contribution in [3.05, 3.63) is 0 Å². The highest BCUT2D eigenvalue weighted by Crippen LogP contribution is 2.23. The second-order valence-corrected chi connectivity index (χ2v) is 12.4. The first-order chi connectivity index (χ1) is 18.8. The van der Waals surface area contributed by atoms with E-state index in [4.69, 9.17) is 0 Å². The number of carbonyl (C=O) groups excluding carboxylic acids is 6. The number of carbonyl (C=O) groups is 6. The average Bonchev–Trinajstić information content (AvgIpc) is 2.92. The van der Waals surface area contributed by atoms with Gasteiger partial charge in [0.05, 0.1) is 0 Å². The summed E-state index contributed by atoms with van der Waals surface area (Å²) >= 11 is 0. The predicted molar refractivity (Wildman–Crippen MR) is 152 cm³/mol. The molecule has 0 unspecified atom stereocenters. The van der Waals surface area contributed by atoms with E-state index in [1.54, 1.807) is 25.7 Å². The van der Waals surface area contributed by atoms with Crippen LogP contribution in [0.25, 0.3) is 0 Å². The fourth-order valence-electron chi connectivity index (χ4n) is 5.12. The summed E-state index contributed by atoms with van der Waals surface area (Å²) in [4.78, 5) is 80.5. The fourth-order valence-corrected chi connectivity index (χ4v) is 5.12. The van der Waals surface area contributed by atoms with Crippen molar-refractivity contribution in [2.75, 3.05) is 6.54 Å². The van der Waals surface area contributed by atoms with Crippen molar-refractivity contribution in [2.24, 2.45) is 11.3 Å². The van der Waals surface area contributed by atoms with Crippen molar-refractivity contribution in [2.45, 2.75) is 136 Å². The van der Waals surface area contributed by atoms with Crippen LogP contribution in [-0.2, 0) is 28.8 Å². The van der Waals surface area contributed by atoms with E-state index in [-0.39, 0.29) is 35.7 Å². The molecule has 10 heteroatoms. The summed E-state index contributed by atoms with van der Waals surface area (Å²) < 4.78 is 0. The van der Waals surface area contributed by atoms with Crippen LogP contribution in [0.2, 0.25) is 0 Å². The van der Waals surface area contributed by atoms with Crippen molar-refractivity contribution in [3.63, 3.8) is 0 Å². The molecule has 40 heavy (non-hydrogen) atoms. The van der Waals surface area contributed by atoms with Gasteiger partial charge >= 0.3 is 0 Å². The summed E-state index contributed by atoms with van der Waals surface area (Å²) in [6, 6.07) is -3.72. The molecule has 4 amide bonds. The number of rotatable bonds is 11. The molecule has 0 aromatic heterocycles. The van der Waals surface area contributed by atoms with Crippen molar-refractivity contribution in [3.8, 4) is 0 Å². The highest BCUT2D eigenvalue weighted by Gasteiger charge is 2.41. The quantitative estimate of drug-likeness (QED) is 0.331. The Balaban J connectivity index is 2.38. The van der Waals surface area contributed by atoms with Crippen LogP contribution in [0.4, 0.5) is 0 Å². The smallest absolute Gasteiger partial charge is 0.246 e. The number of ketones is 2. The number of Topliss-reactive ketones (excluding diaryl/α,β-unsaturated/α-hetero) is 2. The lowest BCUT2D eigenvalue weighted by Gasteiger charge is -2.39. The van der Waals surface area contributed by atoms with Crippen LogP contribution in [0.3, 0.4) is 0 Å². The van der Waals surface area contributed by atoms with Gasteiger partial charge in [0.25, 0.3) is 0 Å². The van der Waals surface area contributed by atoms with Gasteiger partial charge in [-0.25, -0.2) is 0 Å². The summed E-state index contributed by atoms with van der Waals surface area (Å²) in [5.74, 6) is -2.04. The van der Waals surface area contributed by atoms with Gasteiger partial charge in [0.1, 0.15) is 35.7 Å². The van der Waals surface area contributed by atoms with Crippen LogP contribution < -0.4 is 16.0 Å². The Hall–Kier alpha value is -2.78. The molecule has 0 aromatic rings. The summed E-state index contributed by atoms with van der Waals surface area (Å²) in [5, 5.41) is 8.43. The monoisotopic (exact) mass is 562 g/mol. The first kappa shape index (κ1) is 33.4. The third-order valence-electron chi connectivity index (χ3n) is 8.20. The van der Waals surface area contributed by atoms with E-state index in [9.17, 15) is 28.8 Å². The summed E-state index contributed by atoms with van der Waals surface area (Å²) in [7, 11) is 0. The minimum Gasteiger partial charge on any atom is -0.343 e. The van der Waals surface area contributed by atoms with Gasteiger partial charge in [0.2, 0.25) is 23.6 Å². The molecular weight excluding hydrogens is 512 g/mol. The molecule has 2 rings (SSSR count). The maximum Gasteiger partial charge on any atom is 0.246 e. The molecule has 2 aliphatic rings. The van der Waals surface area contributed by atoms with Gasteiger partial charge in [0.15, 0.2) is 0 Å². The molecule has 0 radical (unpaired) electrons. The third-order valence-corrected chi connectivity index (χ3v) is 8.20. The fraction of sp³-hybridized carbons (Fsp3) is 0.800. The van der Waals surface area contributed by atoms with E-state index in [1.165, 1.54) is 0 Å². The molecule has 0 bridgehead atoms. The first-order valence-corrected chi connectivity index (χ1v) is 15.1. The lowest BCUT2D eigenvalue weighted by atomic mass is 9.86. The molecule has 0 aromatic carbocycles.